The number of hydrogen-bond acceptors (Lipinski definition) is 4. The number of hydrogen-bond donors (Lipinski definition) is 2. The highest BCUT2D eigenvalue weighted by Gasteiger charge is 2.03. The highest BCUT2D eigenvalue weighted by molar-refractivity contribution is 7.80. The van der Waals surface area contributed by atoms with Gasteiger partial charge in [-0.3, -0.25) is 9.36 Å². The number of aromatic nitrogens is 4. The van der Waals surface area contributed by atoms with Crippen molar-refractivity contribution in [2.24, 2.45) is 0 Å². The minimum atomic E-state index is 0.561. The zero-order valence-corrected chi connectivity index (χ0v) is 13.1. The van der Waals surface area contributed by atoms with Gasteiger partial charge >= 0.3 is 0 Å². The normalized spacial score (nSPS) is 10.6. The van der Waals surface area contributed by atoms with E-state index in [9.17, 15) is 0 Å². The highest BCUT2D eigenvalue weighted by Crippen LogP contribution is 2.07. The fourth-order valence-electron chi connectivity index (χ4n) is 1.80. The average Bonchev–Trinajstić information content (AvgIpc) is 3.09. The van der Waals surface area contributed by atoms with Gasteiger partial charge in [-0.25, -0.2) is 0 Å². The van der Waals surface area contributed by atoms with E-state index in [2.05, 4.69) is 27.8 Å². The number of thiocarbonyl (C=S) groups is 1. The van der Waals surface area contributed by atoms with Crippen molar-refractivity contribution in [1.29, 1.82) is 0 Å². The number of ether oxygens (including phenoxy) is 1. The minimum absolute atomic E-state index is 0.561. The first-order valence-corrected chi connectivity index (χ1v) is 7.19. The van der Waals surface area contributed by atoms with Crippen molar-refractivity contribution in [3.8, 4) is 0 Å². The molecule has 0 aliphatic rings. The predicted octanol–water partition coefficient (Wildman–Crippen LogP) is 1.08. The van der Waals surface area contributed by atoms with Gasteiger partial charge in [-0.05, 0) is 19.1 Å². The largest absolute Gasteiger partial charge is 0.383 e. The zero-order chi connectivity index (χ0) is 15.1. The molecule has 2 rings (SSSR count). The first-order chi connectivity index (χ1) is 10.2. The lowest BCUT2D eigenvalue weighted by Crippen LogP contribution is -2.30. The molecule has 2 aromatic rings. The van der Waals surface area contributed by atoms with E-state index in [1.807, 2.05) is 28.0 Å². The molecule has 0 radical (unpaired) electrons. The van der Waals surface area contributed by atoms with Crippen LogP contribution in [0.5, 0.6) is 0 Å². The number of methoxy groups -OCH3 is 1. The van der Waals surface area contributed by atoms with Gasteiger partial charge in [0.1, 0.15) is 0 Å². The SMILES string of the molecule is CCn1cc(Cn2cc(NC(=S)NCCOC)cn2)cn1. The molecule has 2 aromatic heterocycles. The number of anilines is 1. The second-order valence-electron chi connectivity index (χ2n) is 4.50. The van der Waals surface area contributed by atoms with E-state index in [1.54, 1.807) is 13.3 Å². The Labute approximate surface area is 129 Å². The Kier molecular flexibility index (Phi) is 5.70. The van der Waals surface area contributed by atoms with Crippen molar-refractivity contribution in [3.63, 3.8) is 0 Å². The summed E-state index contributed by atoms with van der Waals surface area (Å²) in [7, 11) is 1.66. The summed E-state index contributed by atoms with van der Waals surface area (Å²) in [4.78, 5) is 0. The van der Waals surface area contributed by atoms with Crippen molar-refractivity contribution in [1.82, 2.24) is 24.9 Å². The van der Waals surface area contributed by atoms with Gasteiger partial charge < -0.3 is 15.4 Å². The van der Waals surface area contributed by atoms with Gasteiger partial charge in [0, 0.05) is 38.2 Å². The van der Waals surface area contributed by atoms with Crippen LogP contribution < -0.4 is 10.6 Å². The predicted molar refractivity (Wildman–Crippen MR) is 85.3 cm³/mol. The molecule has 0 unspecified atom stereocenters. The smallest absolute Gasteiger partial charge is 0.170 e. The zero-order valence-electron chi connectivity index (χ0n) is 12.2. The van der Waals surface area contributed by atoms with Gasteiger partial charge in [0.05, 0.1) is 31.2 Å². The summed E-state index contributed by atoms with van der Waals surface area (Å²) in [5, 5.41) is 15.2. The first kappa shape index (κ1) is 15.5. The molecule has 2 N–H and O–H groups in total. The van der Waals surface area contributed by atoms with Crippen molar-refractivity contribution >= 4 is 23.0 Å². The maximum atomic E-state index is 5.18. The molecular formula is C13H20N6OS. The first-order valence-electron chi connectivity index (χ1n) is 6.79. The van der Waals surface area contributed by atoms with E-state index >= 15 is 0 Å². The summed E-state index contributed by atoms with van der Waals surface area (Å²) in [6, 6.07) is 0. The molecule has 21 heavy (non-hydrogen) atoms. The Morgan fingerprint density at radius 1 is 1.29 bits per heavy atom. The summed E-state index contributed by atoms with van der Waals surface area (Å²) in [6.45, 7) is 4.90. The third-order valence-corrected chi connectivity index (χ3v) is 3.08. The van der Waals surface area contributed by atoms with Gasteiger partial charge in [0.15, 0.2) is 5.11 Å². The van der Waals surface area contributed by atoms with E-state index in [0.717, 1.165) is 17.8 Å². The van der Waals surface area contributed by atoms with Crippen LogP contribution in [0, 0.1) is 0 Å². The molecule has 8 heteroatoms. The van der Waals surface area contributed by atoms with Crippen LogP contribution >= 0.6 is 12.2 Å². The molecule has 114 valence electrons. The Hall–Kier alpha value is -1.93. The van der Waals surface area contributed by atoms with Crippen molar-refractivity contribution in [3.05, 3.63) is 30.4 Å². The summed E-state index contributed by atoms with van der Waals surface area (Å²) < 4.78 is 8.69. The molecule has 0 saturated carbocycles. The lowest BCUT2D eigenvalue weighted by atomic mass is 10.4. The quantitative estimate of drug-likeness (QED) is 0.589. The van der Waals surface area contributed by atoms with Crippen LogP contribution in [0.15, 0.2) is 24.8 Å². The van der Waals surface area contributed by atoms with Crippen LogP contribution in [-0.4, -0.2) is 44.9 Å². The second kappa shape index (κ2) is 7.75. The van der Waals surface area contributed by atoms with Crippen LogP contribution in [-0.2, 0) is 17.8 Å². The summed E-state index contributed by atoms with van der Waals surface area (Å²) in [5.41, 5.74) is 1.97. The molecule has 0 amide bonds. The fraction of sp³-hybridized carbons (Fsp3) is 0.462. The Balaban J connectivity index is 1.84. The molecule has 2 heterocycles. The van der Waals surface area contributed by atoms with Gasteiger partial charge in [0.25, 0.3) is 0 Å². The van der Waals surface area contributed by atoms with E-state index in [4.69, 9.17) is 17.0 Å². The Morgan fingerprint density at radius 2 is 2.10 bits per heavy atom. The standard InChI is InChI=1S/C13H20N6OS/c1-3-18-8-11(6-15-18)9-19-10-12(7-16-19)17-13(21)14-4-5-20-2/h6-8,10H,3-5,9H2,1-2H3,(H2,14,17,21). The number of rotatable bonds is 7. The van der Waals surface area contributed by atoms with Crippen LogP contribution in [0.4, 0.5) is 5.69 Å². The van der Waals surface area contributed by atoms with E-state index < -0.39 is 0 Å². The molecule has 0 spiro atoms. The van der Waals surface area contributed by atoms with Gasteiger partial charge in [-0.15, -0.1) is 0 Å². The van der Waals surface area contributed by atoms with Crippen molar-refractivity contribution in [2.75, 3.05) is 25.6 Å². The lowest BCUT2D eigenvalue weighted by molar-refractivity contribution is 0.204. The maximum absolute atomic E-state index is 5.18. The molecule has 0 fully saturated rings. The van der Waals surface area contributed by atoms with Gasteiger partial charge in [-0.2, -0.15) is 10.2 Å². The van der Waals surface area contributed by atoms with E-state index in [1.165, 1.54) is 0 Å². The molecule has 0 atom stereocenters. The summed E-state index contributed by atoms with van der Waals surface area (Å²) >= 11 is 5.18. The topological polar surface area (TPSA) is 68.9 Å². The summed E-state index contributed by atoms with van der Waals surface area (Å²) in [5.74, 6) is 0. The van der Waals surface area contributed by atoms with Crippen LogP contribution in [0.25, 0.3) is 0 Å². The molecule has 0 bridgehead atoms. The lowest BCUT2D eigenvalue weighted by Gasteiger charge is -2.07. The molecule has 0 aromatic carbocycles. The van der Waals surface area contributed by atoms with Gasteiger partial charge in [-0.1, -0.05) is 0 Å². The second-order valence-corrected chi connectivity index (χ2v) is 4.91. The number of nitrogens with zero attached hydrogens (tertiary/aromatic N) is 4. The van der Waals surface area contributed by atoms with Crippen LogP contribution in [0.1, 0.15) is 12.5 Å². The molecule has 0 aliphatic heterocycles. The third-order valence-electron chi connectivity index (χ3n) is 2.84. The number of aryl methyl sites for hydroxylation is 1. The maximum Gasteiger partial charge on any atom is 0.170 e. The Bertz CT molecular complexity index is 579. The monoisotopic (exact) mass is 308 g/mol. The number of nitrogens with one attached hydrogen (secondary N) is 2. The third kappa shape index (κ3) is 4.83. The average molecular weight is 308 g/mol. The Morgan fingerprint density at radius 3 is 2.81 bits per heavy atom. The van der Waals surface area contributed by atoms with Crippen molar-refractivity contribution in [2.45, 2.75) is 20.0 Å². The molecule has 0 saturated heterocycles. The minimum Gasteiger partial charge on any atom is -0.383 e. The summed E-state index contributed by atoms with van der Waals surface area (Å²) in [6.07, 6.45) is 7.53. The van der Waals surface area contributed by atoms with Crippen molar-refractivity contribution < 1.29 is 4.74 Å². The van der Waals surface area contributed by atoms with Crippen LogP contribution in [0.2, 0.25) is 0 Å². The molecule has 0 aliphatic carbocycles. The molecular weight excluding hydrogens is 288 g/mol. The van der Waals surface area contributed by atoms with E-state index in [-0.39, 0.29) is 0 Å². The van der Waals surface area contributed by atoms with E-state index in [0.29, 0.717) is 24.8 Å². The highest BCUT2D eigenvalue weighted by atomic mass is 32.1. The molecule has 7 nitrogen and oxygen atoms in total. The fourth-order valence-corrected chi connectivity index (χ4v) is 2.02. The van der Waals surface area contributed by atoms with Gasteiger partial charge in [0.2, 0.25) is 0 Å². The van der Waals surface area contributed by atoms with Crippen LogP contribution in [0.3, 0.4) is 0 Å².